The average molecular weight is 277 g/mol. The molecule has 1 heterocycles. The number of pyridine rings is 1. The Hall–Kier alpha value is -1.22. The van der Waals surface area contributed by atoms with E-state index in [0.717, 1.165) is 0 Å². The van der Waals surface area contributed by atoms with E-state index in [-0.39, 0.29) is 17.3 Å². The van der Waals surface area contributed by atoms with Crippen LogP contribution in [0.3, 0.4) is 0 Å². The molecule has 0 saturated carbocycles. The molecule has 6 heteroatoms. The summed E-state index contributed by atoms with van der Waals surface area (Å²) in [6.07, 6.45) is -2.80. The van der Waals surface area contributed by atoms with Crippen molar-refractivity contribution in [3.63, 3.8) is 0 Å². The summed E-state index contributed by atoms with van der Waals surface area (Å²) in [5.41, 5.74) is -0.380. The number of hydrogen-bond donors (Lipinski definition) is 1. The Morgan fingerprint density at radius 2 is 2.27 bits per heavy atom. The van der Waals surface area contributed by atoms with Crippen LogP contribution in [0.25, 0.3) is 0 Å². The zero-order chi connectivity index (χ0) is 11.4. The van der Waals surface area contributed by atoms with Crippen LogP contribution in [0, 0.1) is 11.3 Å². The van der Waals surface area contributed by atoms with Gasteiger partial charge in [-0.1, -0.05) is 15.9 Å². The van der Waals surface area contributed by atoms with Gasteiger partial charge in [-0.15, -0.1) is 0 Å². The minimum atomic E-state index is -2.72. The largest absolute Gasteiger partial charge is 0.321 e. The number of alkyl halides is 3. The fraction of sp³-hybridized carbons (Fsp3) is 0.333. The maximum absolute atomic E-state index is 12.3. The smallest absolute Gasteiger partial charge is 0.278 e. The zero-order valence-corrected chi connectivity index (χ0v) is 9.14. The summed E-state index contributed by atoms with van der Waals surface area (Å²) in [4.78, 5) is 13.4. The highest BCUT2D eigenvalue weighted by Gasteiger charge is 2.13. The van der Waals surface area contributed by atoms with Crippen LogP contribution in [0.2, 0.25) is 0 Å². The molecule has 1 N–H and O–H groups in total. The Balaban J connectivity index is 3.32. The molecule has 0 bridgehead atoms. The number of nitrogens with zero attached hydrogens (tertiary/aromatic N) is 1. The third-order valence-corrected chi connectivity index (χ3v) is 2.49. The van der Waals surface area contributed by atoms with Crippen LogP contribution in [-0.2, 0) is 11.8 Å². The van der Waals surface area contributed by atoms with Crippen LogP contribution in [0.4, 0.5) is 8.78 Å². The number of hydrogen-bond acceptors (Lipinski definition) is 2. The van der Waals surface area contributed by atoms with Gasteiger partial charge in [0.25, 0.3) is 12.0 Å². The van der Waals surface area contributed by atoms with Crippen molar-refractivity contribution in [3.05, 3.63) is 33.2 Å². The Kier molecular flexibility index (Phi) is 3.97. The van der Waals surface area contributed by atoms with E-state index in [1.807, 2.05) is 6.07 Å². The number of H-pyrrole nitrogens is 1. The molecule has 1 aromatic rings. The van der Waals surface area contributed by atoms with Gasteiger partial charge in [-0.2, -0.15) is 5.26 Å². The fourth-order valence-electron chi connectivity index (χ4n) is 1.17. The monoisotopic (exact) mass is 276 g/mol. The highest BCUT2D eigenvalue weighted by Crippen LogP contribution is 2.18. The molecule has 0 radical (unpaired) electrons. The van der Waals surface area contributed by atoms with E-state index in [0.29, 0.717) is 5.56 Å². The molecule has 1 aromatic heterocycles. The van der Waals surface area contributed by atoms with E-state index in [1.165, 1.54) is 6.07 Å². The van der Waals surface area contributed by atoms with Crippen molar-refractivity contribution in [2.75, 3.05) is 0 Å². The molecule has 0 amide bonds. The van der Waals surface area contributed by atoms with E-state index in [1.54, 1.807) is 0 Å². The minimum absolute atomic E-state index is 0.0835. The summed E-state index contributed by atoms with van der Waals surface area (Å²) in [7, 11) is 0. The predicted molar refractivity (Wildman–Crippen MR) is 54.0 cm³/mol. The van der Waals surface area contributed by atoms with Crippen LogP contribution < -0.4 is 5.56 Å². The summed E-state index contributed by atoms with van der Waals surface area (Å²) in [6, 6.07) is 3.02. The van der Waals surface area contributed by atoms with Crippen LogP contribution in [0.1, 0.15) is 23.2 Å². The Labute approximate surface area is 92.9 Å². The molecule has 0 aromatic carbocycles. The second-order valence-electron chi connectivity index (χ2n) is 2.83. The van der Waals surface area contributed by atoms with Crippen LogP contribution in [-0.4, -0.2) is 4.98 Å². The predicted octanol–water partition coefficient (Wildman–Crippen LogP) is 2.27. The third kappa shape index (κ3) is 2.63. The van der Waals surface area contributed by atoms with E-state index >= 15 is 0 Å². The van der Waals surface area contributed by atoms with Gasteiger partial charge >= 0.3 is 0 Å². The Bertz CT molecular complexity index is 450. The lowest BCUT2D eigenvalue weighted by atomic mass is 10.1. The van der Waals surface area contributed by atoms with Gasteiger partial charge < -0.3 is 4.98 Å². The van der Waals surface area contributed by atoms with E-state index in [9.17, 15) is 13.6 Å². The first-order valence-corrected chi connectivity index (χ1v) is 5.18. The molecule has 0 spiro atoms. The first-order chi connectivity index (χ1) is 7.10. The first kappa shape index (κ1) is 11.9. The van der Waals surface area contributed by atoms with Gasteiger partial charge in [0.05, 0.1) is 18.2 Å². The molecule has 0 unspecified atom stereocenters. The molecule has 0 fully saturated rings. The summed E-state index contributed by atoms with van der Waals surface area (Å²) >= 11 is 3.09. The SMILES string of the molecule is N#CCc1c(CBr)cc(C(F)F)[nH]c1=O. The Morgan fingerprint density at radius 3 is 2.73 bits per heavy atom. The normalized spacial score (nSPS) is 10.3. The van der Waals surface area contributed by atoms with Crippen LogP contribution in [0.15, 0.2) is 10.9 Å². The number of aromatic amines is 1. The number of nitrogens with one attached hydrogen (secondary N) is 1. The van der Waals surface area contributed by atoms with Gasteiger partial charge in [-0.25, -0.2) is 8.78 Å². The maximum atomic E-state index is 12.3. The molecule has 0 aliphatic carbocycles. The summed E-state index contributed by atoms with van der Waals surface area (Å²) in [5, 5.41) is 8.75. The van der Waals surface area contributed by atoms with Gasteiger partial charge in [-0.05, 0) is 11.6 Å². The molecule has 80 valence electrons. The van der Waals surface area contributed by atoms with Gasteiger partial charge in [0.1, 0.15) is 0 Å². The molecular weight excluding hydrogens is 270 g/mol. The summed E-state index contributed by atoms with van der Waals surface area (Å²) < 4.78 is 24.7. The van der Waals surface area contributed by atoms with Gasteiger partial charge in [0, 0.05) is 10.9 Å². The van der Waals surface area contributed by atoms with Crippen molar-refractivity contribution >= 4 is 15.9 Å². The molecule has 3 nitrogen and oxygen atoms in total. The van der Waals surface area contributed by atoms with Gasteiger partial charge in [-0.3, -0.25) is 4.79 Å². The maximum Gasteiger partial charge on any atom is 0.278 e. The fourth-order valence-corrected chi connectivity index (χ4v) is 1.67. The second-order valence-corrected chi connectivity index (χ2v) is 3.39. The van der Waals surface area contributed by atoms with Crippen LogP contribution >= 0.6 is 15.9 Å². The highest BCUT2D eigenvalue weighted by molar-refractivity contribution is 9.08. The third-order valence-electron chi connectivity index (χ3n) is 1.88. The lowest BCUT2D eigenvalue weighted by Crippen LogP contribution is -2.17. The van der Waals surface area contributed by atoms with Crippen molar-refractivity contribution in [2.24, 2.45) is 0 Å². The molecule has 0 saturated heterocycles. The second kappa shape index (κ2) is 5.03. The molecule has 1 rings (SSSR count). The molecular formula is C9H7BrF2N2O. The number of rotatable bonds is 3. The topological polar surface area (TPSA) is 56.6 Å². The summed E-state index contributed by atoms with van der Waals surface area (Å²) in [6.45, 7) is 0. The van der Waals surface area contributed by atoms with E-state index < -0.39 is 17.7 Å². The van der Waals surface area contributed by atoms with Crippen molar-refractivity contribution in [1.82, 2.24) is 4.98 Å². The molecule has 15 heavy (non-hydrogen) atoms. The quantitative estimate of drug-likeness (QED) is 0.861. The molecule has 0 aliphatic heterocycles. The minimum Gasteiger partial charge on any atom is -0.321 e. The lowest BCUT2D eigenvalue weighted by molar-refractivity contribution is 0.145. The van der Waals surface area contributed by atoms with Crippen LogP contribution in [0.5, 0.6) is 0 Å². The van der Waals surface area contributed by atoms with Crippen molar-refractivity contribution < 1.29 is 8.78 Å². The van der Waals surface area contributed by atoms with Crippen molar-refractivity contribution in [3.8, 4) is 6.07 Å². The summed E-state index contributed by atoms with van der Waals surface area (Å²) in [5.74, 6) is 0. The molecule has 0 atom stereocenters. The van der Waals surface area contributed by atoms with Gasteiger partial charge in [0.2, 0.25) is 0 Å². The first-order valence-electron chi connectivity index (χ1n) is 4.06. The Morgan fingerprint density at radius 1 is 1.60 bits per heavy atom. The standard InChI is InChI=1S/C9H7BrF2N2O/c10-4-5-3-7(8(11)12)14-9(15)6(5)1-2-13/h3,8H,1,4H2,(H,14,15). The van der Waals surface area contributed by atoms with Crippen molar-refractivity contribution in [1.29, 1.82) is 5.26 Å². The van der Waals surface area contributed by atoms with Crippen molar-refractivity contribution in [2.45, 2.75) is 18.2 Å². The number of halogens is 3. The van der Waals surface area contributed by atoms with E-state index in [4.69, 9.17) is 5.26 Å². The molecule has 0 aliphatic rings. The highest BCUT2D eigenvalue weighted by atomic mass is 79.9. The van der Waals surface area contributed by atoms with Gasteiger partial charge in [0.15, 0.2) is 0 Å². The number of aromatic nitrogens is 1. The zero-order valence-electron chi connectivity index (χ0n) is 7.56. The van der Waals surface area contributed by atoms with E-state index in [2.05, 4.69) is 20.9 Å². The lowest BCUT2D eigenvalue weighted by Gasteiger charge is -2.06. The average Bonchev–Trinajstić information content (AvgIpc) is 2.20. The number of nitriles is 1.